The van der Waals surface area contributed by atoms with Crippen LogP contribution >= 0.6 is 0 Å². The van der Waals surface area contributed by atoms with E-state index in [4.69, 9.17) is 0 Å². The lowest BCUT2D eigenvalue weighted by molar-refractivity contribution is -0.136. The van der Waals surface area contributed by atoms with Gasteiger partial charge in [0.05, 0.1) is 18.8 Å². The van der Waals surface area contributed by atoms with Crippen molar-refractivity contribution in [1.82, 2.24) is 14.7 Å². The van der Waals surface area contributed by atoms with Crippen LogP contribution in [0.2, 0.25) is 0 Å². The van der Waals surface area contributed by atoms with Crippen LogP contribution in [-0.2, 0) is 9.59 Å². The van der Waals surface area contributed by atoms with Crippen LogP contribution in [0, 0.1) is 11.6 Å². The van der Waals surface area contributed by atoms with E-state index in [-0.39, 0.29) is 24.0 Å². The Balaban J connectivity index is 1.42. The number of benzene rings is 1. The molecule has 1 aromatic rings. The zero-order chi connectivity index (χ0) is 20.1. The van der Waals surface area contributed by atoms with Crippen molar-refractivity contribution in [2.75, 3.05) is 51.1 Å². The van der Waals surface area contributed by atoms with Crippen LogP contribution in [0.4, 0.5) is 14.5 Å². The van der Waals surface area contributed by atoms with Gasteiger partial charge in [-0.05, 0) is 38.3 Å². The Morgan fingerprint density at radius 3 is 2.39 bits per heavy atom. The lowest BCUT2D eigenvalue weighted by Crippen LogP contribution is -2.53. The summed E-state index contributed by atoms with van der Waals surface area (Å²) in [7, 11) is 0. The number of hydrogen-bond donors (Lipinski definition) is 1. The van der Waals surface area contributed by atoms with Crippen molar-refractivity contribution in [3.05, 3.63) is 29.8 Å². The predicted molar refractivity (Wildman–Crippen MR) is 103 cm³/mol. The van der Waals surface area contributed by atoms with Crippen LogP contribution < -0.4 is 5.32 Å². The van der Waals surface area contributed by atoms with Gasteiger partial charge in [-0.25, -0.2) is 8.78 Å². The van der Waals surface area contributed by atoms with Gasteiger partial charge in [0.25, 0.3) is 0 Å². The number of likely N-dealkylation sites (tertiary alicyclic amines) is 1. The topological polar surface area (TPSA) is 55.9 Å². The molecule has 2 aliphatic rings. The highest BCUT2D eigenvalue weighted by atomic mass is 19.1. The van der Waals surface area contributed by atoms with E-state index in [0.29, 0.717) is 38.8 Å². The van der Waals surface area contributed by atoms with Crippen molar-refractivity contribution in [3.8, 4) is 0 Å². The molecule has 2 fully saturated rings. The molecule has 2 heterocycles. The Bertz CT molecular complexity index is 707. The molecule has 28 heavy (non-hydrogen) atoms. The monoisotopic (exact) mass is 394 g/mol. The van der Waals surface area contributed by atoms with E-state index < -0.39 is 11.6 Å². The SMILES string of the molecule is CC1CCCCN1C(=O)CN1CCN(CC(=O)Nc2cc(F)ccc2F)CC1. The Morgan fingerprint density at radius 1 is 1.04 bits per heavy atom. The van der Waals surface area contributed by atoms with Crippen LogP contribution in [0.5, 0.6) is 0 Å². The molecule has 154 valence electrons. The predicted octanol–water partition coefficient (Wildman–Crippen LogP) is 1.92. The Kier molecular flexibility index (Phi) is 6.96. The molecule has 0 aliphatic carbocycles. The third-order valence-corrected chi connectivity index (χ3v) is 5.52. The number of nitrogens with zero attached hydrogens (tertiary/aromatic N) is 3. The Morgan fingerprint density at radius 2 is 1.71 bits per heavy atom. The fourth-order valence-electron chi connectivity index (χ4n) is 3.84. The van der Waals surface area contributed by atoms with Gasteiger partial charge in [-0.3, -0.25) is 19.4 Å². The molecule has 0 radical (unpaired) electrons. The number of piperidine rings is 1. The highest BCUT2D eigenvalue weighted by molar-refractivity contribution is 5.92. The number of carbonyl (C=O) groups excluding carboxylic acids is 2. The minimum Gasteiger partial charge on any atom is -0.339 e. The first kappa shape index (κ1) is 20.7. The summed E-state index contributed by atoms with van der Waals surface area (Å²) in [6, 6.07) is 3.28. The molecule has 1 aromatic carbocycles. The molecule has 0 bridgehead atoms. The van der Waals surface area contributed by atoms with Crippen LogP contribution in [0.25, 0.3) is 0 Å². The van der Waals surface area contributed by atoms with E-state index in [2.05, 4.69) is 17.1 Å². The maximum Gasteiger partial charge on any atom is 0.238 e. The summed E-state index contributed by atoms with van der Waals surface area (Å²) < 4.78 is 26.8. The summed E-state index contributed by atoms with van der Waals surface area (Å²) in [6.45, 7) is 6.19. The maximum absolute atomic E-state index is 13.6. The smallest absolute Gasteiger partial charge is 0.238 e. The summed E-state index contributed by atoms with van der Waals surface area (Å²) in [5.41, 5.74) is -0.148. The summed E-state index contributed by atoms with van der Waals surface area (Å²) in [4.78, 5) is 30.7. The number of rotatable bonds is 5. The molecule has 8 heteroatoms. The second-order valence-corrected chi connectivity index (χ2v) is 7.66. The third-order valence-electron chi connectivity index (χ3n) is 5.52. The van der Waals surface area contributed by atoms with Gasteiger partial charge in [0, 0.05) is 44.8 Å². The number of carbonyl (C=O) groups is 2. The van der Waals surface area contributed by atoms with Gasteiger partial charge in [0.15, 0.2) is 0 Å². The highest BCUT2D eigenvalue weighted by Crippen LogP contribution is 2.17. The summed E-state index contributed by atoms with van der Waals surface area (Å²) in [5.74, 6) is -1.46. The van der Waals surface area contributed by atoms with Crippen molar-refractivity contribution < 1.29 is 18.4 Å². The molecule has 1 N–H and O–H groups in total. The van der Waals surface area contributed by atoms with Gasteiger partial charge >= 0.3 is 0 Å². The number of halogens is 2. The lowest BCUT2D eigenvalue weighted by atomic mass is 10.0. The van der Waals surface area contributed by atoms with E-state index in [9.17, 15) is 18.4 Å². The van der Waals surface area contributed by atoms with Gasteiger partial charge in [0.2, 0.25) is 11.8 Å². The molecular weight excluding hydrogens is 366 g/mol. The van der Waals surface area contributed by atoms with Crippen LogP contribution in [0.15, 0.2) is 18.2 Å². The molecule has 0 spiro atoms. The standard InChI is InChI=1S/C20H28F2N4O2/c1-15-4-2-3-7-26(15)20(28)14-25-10-8-24(9-11-25)13-19(27)23-18-12-16(21)5-6-17(18)22/h5-6,12,15H,2-4,7-11,13-14H2,1H3,(H,23,27). The van der Waals surface area contributed by atoms with Gasteiger partial charge in [-0.2, -0.15) is 0 Å². The quantitative estimate of drug-likeness (QED) is 0.829. The lowest BCUT2D eigenvalue weighted by Gasteiger charge is -2.37. The summed E-state index contributed by atoms with van der Waals surface area (Å²) in [5, 5.41) is 2.42. The van der Waals surface area contributed by atoms with Crippen molar-refractivity contribution in [1.29, 1.82) is 0 Å². The first-order valence-corrected chi connectivity index (χ1v) is 9.91. The molecule has 2 aliphatic heterocycles. The summed E-state index contributed by atoms with van der Waals surface area (Å²) >= 11 is 0. The molecule has 6 nitrogen and oxygen atoms in total. The molecule has 2 saturated heterocycles. The Labute approximate surface area is 164 Å². The average molecular weight is 394 g/mol. The van der Waals surface area contributed by atoms with Crippen LogP contribution in [-0.4, -0.2) is 78.4 Å². The number of anilines is 1. The number of piperazine rings is 1. The van der Waals surface area contributed by atoms with E-state index in [1.165, 1.54) is 6.42 Å². The van der Waals surface area contributed by atoms with Crippen LogP contribution in [0.1, 0.15) is 26.2 Å². The molecular formula is C20H28F2N4O2. The minimum absolute atomic E-state index is 0.112. The fraction of sp³-hybridized carbons (Fsp3) is 0.600. The number of hydrogen-bond acceptors (Lipinski definition) is 4. The van der Waals surface area contributed by atoms with Crippen molar-refractivity contribution in [2.24, 2.45) is 0 Å². The van der Waals surface area contributed by atoms with E-state index in [1.54, 1.807) is 0 Å². The van der Waals surface area contributed by atoms with E-state index in [1.807, 2.05) is 9.80 Å². The van der Waals surface area contributed by atoms with Crippen LogP contribution in [0.3, 0.4) is 0 Å². The first-order valence-electron chi connectivity index (χ1n) is 9.91. The summed E-state index contributed by atoms with van der Waals surface area (Å²) in [6.07, 6.45) is 3.33. The maximum atomic E-state index is 13.6. The van der Waals surface area contributed by atoms with Crippen molar-refractivity contribution in [3.63, 3.8) is 0 Å². The van der Waals surface area contributed by atoms with Gasteiger partial charge in [-0.15, -0.1) is 0 Å². The van der Waals surface area contributed by atoms with Gasteiger partial charge < -0.3 is 10.2 Å². The number of nitrogens with one attached hydrogen (secondary N) is 1. The molecule has 1 unspecified atom stereocenters. The zero-order valence-corrected chi connectivity index (χ0v) is 16.3. The zero-order valence-electron chi connectivity index (χ0n) is 16.3. The minimum atomic E-state index is -0.662. The van der Waals surface area contributed by atoms with Crippen molar-refractivity contribution in [2.45, 2.75) is 32.2 Å². The molecule has 0 saturated carbocycles. The fourth-order valence-corrected chi connectivity index (χ4v) is 3.84. The van der Waals surface area contributed by atoms with Gasteiger partial charge in [0.1, 0.15) is 11.6 Å². The van der Waals surface area contributed by atoms with E-state index >= 15 is 0 Å². The van der Waals surface area contributed by atoms with Crippen molar-refractivity contribution >= 4 is 17.5 Å². The first-order chi connectivity index (χ1) is 13.4. The normalized spacial score (nSPS) is 21.5. The Hall–Kier alpha value is -2.06. The highest BCUT2D eigenvalue weighted by Gasteiger charge is 2.26. The molecule has 1 atom stereocenters. The van der Waals surface area contributed by atoms with E-state index in [0.717, 1.165) is 37.6 Å². The molecule has 0 aromatic heterocycles. The third kappa shape index (κ3) is 5.48. The molecule has 2 amide bonds. The second-order valence-electron chi connectivity index (χ2n) is 7.66. The largest absolute Gasteiger partial charge is 0.339 e. The molecule has 3 rings (SSSR count). The number of amides is 2. The second kappa shape index (κ2) is 9.43. The average Bonchev–Trinajstić information content (AvgIpc) is 2.66. The van der Waals surface area contributed by atoms with Gasteiger partial charge in [-0.1, -0.05) is 0 Å².